The van der Waals surface area contributed by atoms with E-state index in [1.807, 2.05) is 29.6 Å². The fourth-order valence-corrected chi connectivity index (χ4v) is 5.56. The highest BCUT2D eigenvalue weighted by molar-refractivity contribution is 7.17. The van der Waals surface area contributed by atoms with Gasteiger partial charge in [-0.2, -0.15) is 0 Å². The number of thiophene rings is 1. The van der Waals surface area contributed by atoms with Crippen molar-refractivity contribution in [3.05, 3.63) is 81.2 Å². The van der Waals surface area contributed by atoms with E-state index in [0.29, 0.717) is 10.2 Å². The van der Waals surface area contributed by atoms with Crippen LogP contribution in [0.5, 0.6) is 0 Å². The summed E-state index contributed by atoms with van der Waals surface area (Å²) in [7, 11) is 0. The molecule has 0 saturated heterocycles. The van der Waals surface area contributed by atoms with Gasteiger partial charge in [0.2, 0.25) is 5.91 Å². The van der Waals surface area contributed by atoms with Crippen molar-refractivity contribution in [1.82, 2.24) is 9.55 Å². The van der Waals surface area contributed by atoms with Crippen LogP contribution in [-0.4, -0.2) is 15.5 Å². The van der Waals surface area contributed by atoms with Crippen molar-refractivity contribution in [1.29, 1.82) is 0 Å². The number of hydrogen-bond donors (Lipinski definition) is 1. The van der Waals surface area contributed by atoms with Gasteiger partial charge < -0.3 is 5.32 Å². The number of amides is 1. The quantitative estimate of drug-likeness (QED) is 0.414. The van der Waals surface area contributed by atoms with Gasteiger partial charge in [0.1, 0.15) is 11.4 Å². The molecule has 0 saturated carbocycles. The zero-order chi connectivity index (χ0) is 22.9. The maximum atomic E-state index is 13.4. The van der Waals surface area contributed by atoms with Gasteiger partial charge in [0, 0.05) is 16.6 Å². The number of anilines is 1. The van der Waals surface area contributed by atoms with Crippen LogP contribution in [0.4, 0.5) is 5.69 Å². The minimum absolute atomic E-state index is 0.0757. The smallest absolute Gasteiger partial charge is 0.263 e. The Kier molecular flexibility index (Phi) is 5.85. The first kappa shape index (κ1) is 21.6. The van der Waals surface area contributed by atoms with E-state index in [4.69, 9.17) is 0 Å². The van der Waals surface area contributed by atoms with Crippen molar-refractivity contribution < 1.29 is 4.79 Å². The molecule has 0 spiro atoms. The number of nitrogens with one attached hydrogen (secondary N) is 1. The fraction of sp³-hybridized carbons (Fsp3) is 0.296. The molecule has 2 heterocycles. The van der Waals surface area contributed by atoms with Crippen LogP contribution >= 0.6 is 11.3 Å². The lowest BCUT2D eigenvalue weighted by Crippen LogP contribution is -2.28. The van der Waals surface area contributed by atoms with Crippen molar-refractivity contribution in [2.45, 2.75) is 52.0 Å². The van der Waals surface area contributed by atoms with Gasteiger partial charge in [-0.15, -0.1) is 11.3 Å². The summed E-state index contributed by atoms with van der Waals surface area (Å²) in [5.41, 5.74) is 6.42. The SMILES string of the molecule is CC(C)c1ccccc1NC(=O)Cn1cnc2scc(-c3ccc4c(c3)CCCC4)c2c1=O. The molecule has 5 rings (SSSR count). The molecule has 6 heteroatoms. The second-order valence-corrected chi connectivity index (χ2v) is 9.85. The molecule has 1 N–H and O–H groups in total. The lowest BCUT2D eigenvalue weighted by atomic mass is 9.89. The van der Waals surface area contributed by atoms with Gasteiger partial charge in [-0.05, 0) is 59.9 Å². The molecule has 5 nitrogen and oxygen atoms in total. The van der Waals surface area contributed by atoms with E-state index in [9.17, 15) is 9.59 Å². The molecular weight excluding hydrogens is 430 g/mol. The Labute approximate surface area is 197 Å². The number of aromatic nitrogens is 2. The molecule has 4 aromatic rings. The molecule has 1 aliphatic rings. The van der Waals surface area contributed by atoms with Crippen molar-refractivity contribution in [3.63, 3.8) is 0 Å². The largest absolute Gasteiger partial charge is 0.324 e. The Balaban J connectivity index is 1.46. The first-order chi connectivity index (χ1) is 16.0. The topological polar surface area (TPSA) is 64.0 Å². The Hall–Kier alpha value is -3.25. The van der Waals surface area contributed by atoms with Crippen LogP contribution in [0, 0.1) is 0 Å². The highest BCUT2D eigenvalue weighted by Crippen LogP contribution is 2.33. The van der Waals surface area contributed by atoms with Gasteiger partial charge in [0.25, 0.3) is 5.56 Å². The lowest BCUT2D eigenvalue weighted by Gasteiger charge is -2.16. The average molecular weight is 458 g/mol. The first-order valence-electron chi connectivity index (χ1n) is 11.5. The van der Waals surface area contributed by atoms with Crippen LogP contribution in [0.15, 0.2) is 59.0 Å². The Morgan fingerprint density at radius 1 is 1.12 bits per heavy atom. The molecule has 0 fully saturated rings. The van der Waals surface area contributed by atoms with Crippen LogP contribution in [0.25, 0.3) is 21.3 Å². The summed E-state index contributed by atoms with van der Waals surface area (Å²) >= 11 is 1.47. The molecule has 168 valence electrons. The van der Waals surface area contributed by atoms with E-state index in [2.05, 4.69) is 42.3 Å². The van der Waals surface area contributed by atoms with Crippen LogP contribution in [0.3, 0.4) is 0 Å². The summed E-state index contributed by atoms with van der Waals surface area (Å²) in [6, 6.07) is 14.3. The van der Waals surface area contributed by atoms with Gasteiger partial charge in [0.15, 0.2) is 0 Å². The molecule has 0 atom stereocenters. The number of benzene rings is 2. The Morgan fingerprint density at radius 3 is 2.73 bits per heavy atom. The van der Waals surface area contributed by atoms with Crippen molar-refractivity contribution in [3.8, 4) is 11.1 Å². The molecule has 33 heavy (non-hydrogen) atoms. The Bertz CT molecular complexity index is 1400. The van der Waals surface area contributed by atoms with Crippen LogP contribution in [0.1, 0.15) is 49.3 Å². The predicted molar refractivity (Wildman–Crippen MR) is 135 cm³/mol. The summed E-state index contributed by atoms with van der Waals surface area (Å²) in [5, 5.41) is 5.56. The fourth-order valence-electron chi connectivity index (χ4n) is 4.65. The molecule has 1 aliphatic carbocycles. The first-order valence-corrected chi connectivity index (χ1v) is 12.4. The molecule has 0 aliphatic heterocycles. The number of nitrogens with zero attached hydrogens (tertiary/aromatic N) is 2. The van der Waals surface area contributed by atoms with Gasteiger partial charge in [0.05, 0.1) is 11.7 Å². The third-order valence-corrected chi connectivity index (χ3v) is 7.28. The molecule has 2 aromatic carbocycles. The number of aryl methyl sites for hydroxylation is 2. The van der Waals surface area contributed by atoms with Crippen molar-refractivity contribution >= 4 is 33.1 Å². The molecule has 0 radical (unpaired) electrons. The molecule has 0 unspecified atom stereocenters. The van der Waals surface area contributed by atoms with Crippen LogP contribution in [0.2, 0.25) is 0 Å². The zero-order valence-electron chi connectivity index (χ0n) is 18.9. The minimum Gasteiger partial charge on any atom is -0.324 e. The van der Waals surface area contributed by atoms with E-state index < -0.39 is 0 Å². The maximum absolute atomic E-state index is 13.4. The number of rotatable bonds is 5. The highest BCUT2D eigenvalue weighted by Gasteiger charge is 2.17. The lowest BCUT2D eigenvalue weighted by molar-refractivity contribution is -0.116. The van der Waals surface area contributed by atoms with Crippen LogP contribution < -0.4 is 10.9 Å². The second kappa shape index (κ2) is 8.94. The van der Waals surface area contributed by atoms with E-state index in [-0.39, 0.29) is 23.9 Å². The van der Waals surface area contributed by atoms with E-state index >= 15 is 0 Å². The Morgan fingerprint density at radius 2 is 1.91 bits per heavy atom. The average Bonchev–Trinajstić information content (AvgIpc) is 3.26. The van der Waals surface area contributed by atoms with Gasteiger partial charge >= 0.3 is 0 Å². The maximum Gasteiger partial charge on any atom is 0.263 e. The van der Waals surface area contributed by atoms with Gasteiger partial charge in [-0.25, -0.2) is 4.98 Å². The van der Waals surface area contributed by atoms with Crippen LogP contribution in [-0.2, 0) is 24.2 Å². The normalized spacial score (nSPS) is 13.3. The van der Waals surface area contributed by atoms with E-state index in [1.54, 1.807) is 0 Å². The monoisotopic (exact) mass is 457 g/mol. The predicted octanol–water partition coefficient (Wildman–Crippen LogP) is 5.77. The van der Waals surface area contributed by atoms with Crippen molar-refractivity contribution in [2.75, 3.05) is 5.32 Å². The third kappa shape index (κ3) is 4.23. The summed E-state index contributed by atoms with van der Waals surface area (Å²) in [6.07, 6.45) is 6.15. The highest BCUT2D eigenvalue weighted by atomic mass is 32.1. The van der Waals surface area contributed by atoms with Crippen molar-refractivity contribution in [2.24, 2.45) is 0 Å². The van der Waals surface area contributed by atoms with Gasteiger partial charge in [-0.3, -0.25) is 14.2 Å². The summed E-state index contributed by atoms with van der Waals surface area (Å²) in [5.74, 6) is 0.0455. The number of carbonyl (C=O) groups is 1. The number of carbonyl (C=O) groups excluding carboxylic acids is 1. The number of hydrogen-bond acceptors (Lipinski definition) is 4. The van der Waals surface area contributed by atoms with E-state index in [0.717, 1.165) is 35.2 Å². The standard InChI is InChI=1S/C27H27N3O2S/c1-17(2)21-9-5-6-10-23(21)29-24(31)14-30-16-28-26-25(27(30)32)22(15-33-26)20-12-11-18-7-3-4-8-19(18)13-20/h5-6,9-13,15-17H,3-4,7-8,14H2,1-2H3,(H,29,31). The summed E-state index contributed by atoms with van der Waals surface area (Å²) in [6.45, 7) is 4.10. The number of para-hydroxylation sites is 1. The van der Waals surface area contributed by atoms with Gasteiger partial charge in [-0.1, -0.05) is 50.2 Å². The third-order valence-electron chi connectivity index (χ3n) is 6.39. The molecule has 1 amide bonds. The molecular formula is C27H27N3O2S. The summed E-state index contributed by atoms with van der Waals surface area (Å²) < 4.78 is 1.41. The zero-order valence-corrected chi connectivity index (χ0v) is 19.7. The van der Waals surface area contributed by atoms with E-state index in [1.165, 1.54) is 46.2 Å². The second-order valence-electron chi connectivity index (χ2n) is 8.99. The number of fused-ring (bicyclic) bond motifs is 2. The minimum atomic E-state index is -0.239. The molecule has 2 aromatic heterocycles. The molecule has 0 bridgehead atoms. The summed E-state index contributed by atoms with van der Waals surface area (Å²) in [4.78, 5) is 31.4.